The number of hydrogen-bond acceptors (Lipinski definition) is 4. The Morgan fingerprint density at radius 2 is 1.88 bits per heavy atom. The largest absolute Gasteiger partial charge is 0.461 e. The summed E-state index contributed by atoms with van der Waals surface area (Å²) in [7, 11) is 0. The number of rotatable bonds is 5. The zero-order valence-electron chi connectivity index (χ0n) is 12.6. The first-order valence-corrected chi connectivity index (χ1v) is 7.43. The standard InChI is InChI=1S/C18H12ClFN2O2/c19-16-6-13(10-22)5-14(7-16)11-24-18(23)4-3-15-2-1-12(9-21)8-17(15)20/h1-2,5-8H,3-4,11H2. The van der Waals surface area contributed by atoms with E-state index in [4.69, 9.17) is 26.9 Å². The van der Waals surface area contributed by atoms with Gasteiger partial charge in [-0.2, -0.15) is 10.5 Å². The molecule has 0 fully saturated rings. The molecule has 0 atom stereocenters. The molecule has 0 aromatic heterocycles. The summed E-state index contributed by atoms with van der Waals surface area (Å²) < 4.78 is 18.8. The number of ether oxygens (including phenoxy) is 1. The van der Waals surface area contributed by atoms with E-state index in [1.807, 2.05) is 12.1 Å². The molecule has 2 aromatic carbocycles. The highest BCUT2D eigenvalue weighted by atomic mass is 35.5. The Hall–Kier alpha value is -2.89. The number of benzene rings is 2. The summed E-state index contributed by atoms with van der Waals surface area (Å²) in [6.45, 7) is -0.00999. The monoisotopic (exact) mass is 342 g/mol. The third kappa shape index (κ3) is 4.81. The van der Waals surface area contributed by atoms with Gasteiger partial charge in [-0.3, -0.25) is 4.79 Å². The maximum Gasteiger partial charge on any atom is 0.306 e. The van der Waals surface area contributed by atoms with Crippen LogP contribution < -0.4 is 0 Å². The van der Waals surface area contributed by atoms with Crippen LogP contribution in [0.25, 0.3) is 0 Å². The Morgan fingerprint density at radius 3 is 2.54 bits per heavy atom. The number of esters is 1. The fraction of sp³-hybridized carbons (Fsp3) is 0.167. The number of nitrogens with zero attached hydrogens (tertiary/aromatic N) is 2. The minimum Gasteiger partial charge on any atom is -0.461 e. The average molecular weight is 343 g/mol. The third-order valence-electron chi connectivity index (χ3n) is 3.27. The zero-order chi connectivity index (χ0) is 17.5. The van der Waals surface area contributed by atoms with E-state index < -0.39 is 11.8 Å². The van der Waals surface area contributed by atoms with Crippen LogP contribution in [0.1, 0.15) is 28.7 Å². The molecular formula is C18H12ClFN2O2. The number of carbonyl (C=O) groups is 1. The maximum atomic E-state index is 13.7. The Bertz CT molecular complexity index is 853. The number of halogens is 2. The van der Waals surface area contributed by atoms with Crippen LogP contribution in [0.15, 0.2) is 36.4 Å². The molecule has 0 saturated carbocycles. The van der Waals surface area contributed by atoms with Crippen molar-refractivity contribution in [1.29, 1.82) is 10.5 Å². The molecule has 2 rings (SSSR count). The van der Waals surface area contributed by atoms with Crippen molar-refractivity contribution in [3.05, 3.63) is 69.5 Å². The molecule has 0 aliphatic heterocycles. The van der Waals surface area contributed by atoms with Crippen molar-refractivity contribution in [3.8, 4) is 12.1 Å². The van der Waals surface area contributed by atoms with Gasteiger partial charge in [-0.1, -0.05) is 17.7 Å². The smallest absolute Gasteiger partial charge is 0.306 e. The molecule has 0 N–H and O–H groups in total. The SMILES string of the molecule is N#Cc1cc(Cl)cc(COC(=O)CCc2ccc(C#N)cc2F)c1. The minimum atomic E-state index is -0.518. The molecule has 0 radical (unpaired) electrons. The van der Waals surface area contributed by atoms with Crippen molar-refractivity contribution in [2.24, 2.45) is 0 Å². The number of aryl methyl sites for hydroxylation is 1. The number of carbonyl (C=O) groups excluding carboxylic acids is 1. The summed E-state index contributed by atoms with van der Waals surface area (Å²) in [5.41, 5.74) is 1.57. The minimum absolute atomic E-state index is 0.00843. The molecular weight excluding hydrogens is 331 g/mol. The normalized spacial score (nSPS) is 9.83. The van der Waals surface area contributed by atoms with Crippen molar-refractivity contribution in [3.63, 3.8) is 0 Å². The van der Waals surface area contributed by atoms with Crippen molar-refractivity contribution >= 4 is 17.6 Å². The van der Waals surface area contributed by atoms with Crippen LogP contribution in [-0.4, -0.2) is 5.97 Å². The van der Waals surface area contributed by atoms with E-state index in [1.165, 1.54) is 18.2 Å². The second kappa shape index (κ2) is 8.10. The molecule has 0 amide bonds. The summed E-state index contributed by atoms with van der Waals surface area (Å²) in [5, 5.41) is 17.9. The molecule has 4 nitrogen and oxygen atoms in total. The lowest BCUT2D eigenvalue weighted by atomic mass is 10.1. The van der Waals surface area contributed by atoms with Crippen LogP contribution >= 0.6 is 11.6 Å². The second-order valence-corrected chi connectivity index (χ2v) is 5.48. The van der Waals surface area contributed by atoms with Gasteiger partial charge in [-0.05, 0) is 47.9 Å². The maximum absolute atomic E-state index is 13.7. The van der Waals surface area contributed by atoms with Crippen LogP contribution in [0.3, 0.4) is 0 Å². The van der Waals surface area contributed by atoms with Crippen LogP contribution in [-0.2, 0) is 22.6 Å². The van der Waals surface area contributed by atoms with Crippen molar-refractivity contribution in [2.45, 2.75) is 19.4 Å². The molecule has 120 valence electrons. The first kappa shape index (κ1) is 17.5. The Labute approximate surface area is 143 Å². The van der Waals surface area contributed by atoms with Gasteiger partial charge in [0, 0.05) is 11.4 Å². The molecule has 6 heteroatoms. The molecule has 2 aromatic rings. The van der Waals surface area contributed by atoms with E-state index in [2.05, 4.69) is 0 Å². The topological polar surface area (TPSA) is 73.9 Å². The highest BCUT2D eigenvalue weighted by molar-refractivity contribution is 6.30. The lowest BCUT2D eigenvalue weighted by Crippen LogP contribution is -2.07. The van der Waals surface area contributed by atoms with Gasteiger partial charge >= 0.3 is 5.97 Å². The van der Waals surface area contributed by atoms with Gasteiger partial charge < -0.3 is 4.74 Å². The Balaban J connectivity index is 1.89. The first-order chi connectivity index (χ1) is 11.5. The summed E-state index contributed by atoms with van der Waals surface area (Å²) in [5.74, 6) is -1.01. The first-order valence-electron chi connectivity index (χ1n) is 7.05. The van der Waals surface area contributed by atoms with E-state index in [9.17, 15) is 9.18 Å². The fourth-order valence-electron chi connectivity index (χ4n) is 2.09. The predicted molar refractivity (Wildman–Crippen MR) is 85.4 cm³/mol. The summed E-state index contributed by atoms with van der Waals surface area (Å²) in [6.07, 6.45) is 0.184. The van der Waals surface area contributed by atoms with E-state index in [0.29, 0.717) is 21.7 Å². The summed E-state index contributed by atoms with van der Waals surface area (Å²) in [4.78, 5) is 11.8. The molecule has 0 saturated heterocycles. The van der Waals surface area contributed by atoms with Crippen LogP contribution in [0.5, 0.6) is 0 Å². The average Bonchev–Trinajstić information content (AvgIpc) is 2.58. The third-order valence-corrected chi connectivity index (χ3v) is 3.49. The highest BCUT2D eigenvalue weighted by Crippen LogP contribution is 2.16. The Kier molecular flexibility index (Phi) is 5.89. The van der Waals surface area contributed by atoms with Gasteiger partial charge in [0.2, 0.25) is 0 Å². The van der Waals surface area contributed by atoms with Crippen molar-refractivity contribution < 1.29 is 13.9 Å². The van der Waals surface area contributed by atoms with E-state index in [0.717, 1.165) is 6.07 Å². The predicted octanol–water partition coefficient (Wildman–Crippen LogP) is 3.90. The van der Waals surface area contributed by atoms with Crippen molar-refractivity contribution in [1.82, 2.24) is 0 Å². The van der Waals surface area contributed by atoms with Gasteiger partial charge in [0.05, 0.1) is 23.3 Å². The van der Waals surface area contributed by atoms with Gasteiger partial charge in [0.15, 0.2) is 0 Å². The van der Waals surface area contributed by atoms with Crippen LogP contribution in [0.2, 0.25) is 5.02 Å². The fourth-order valence-corrected chi connectivity index (χ4v) is 2.35. The number of hydrogen-bond donors (Lipinski definition) is 0. The lowest BCUT2D eigenvalue weighted by Gasteiger charge is -2.07. The van der Waals surface area contributed by atoms with E-state index >= 15 is 0 Å². The van der Waals surface area contributed by atoms with E-state index in [1.54, 1.807) is 12.1 Å². The zero-order valence-corrected chi connectivity index (χ0v) is 13.3. The van der Waals surface area contributed by atoms with Gasteiger partial charge in [0.25, 0.3) is 0 Å². The van der Waals surface area contributed by atoms with E-state index in [-0.39, 0.29) is 25.0 Å². The molecule has 0 bridgehead atoms. The van der Waals surface area contributed by atoms with Gasteiger partial charge in [-0.25, -0.2) is 4.39 Å². The molecule has 0 heterocycles. The molecule has 24 heavy (non-hydrogen) atoms. The quantitative estimate of drug-likeness (QED) is 0.772. The van der Waals surface area contributed by atoms with Crippen LogP contribution in [0.4, 0.5) is 4.39 Å². The van der Waals surface area contributed by atoms with Crippen molar-refractivity contribution in [2.75, 3.05) is 0 Å². The summed E-state index contributed by atoms with van der Waals surface area (Å²) in [6, 6.07) is 12.6. The Morgan fingerprint density at radius 1 is 1.12 bits per heavy atom. The molecule has 0 aliphatic carbocycles. The molecule has 0 spiro atoms. The van der Waals surface area contributed by atoms with Gasteiger partial charge in [-0.15, -0.1) is 0 Å². The second-order valence-electron chi connectivity index (χ2n) is 5.04. The van der Waals surface area contributed by atoms with Crippen LogP contribution in [0, 0.1) is 28.5 Å². The number of nitriles is 2. The lowest BCUT2D eigenvalue weighted by molar-refractivity contribution is -0.144. The highest BCUT2D eigenvalue weighted by Gasteiger charge is 2.09. The van der Waals surface area contributed by atoms with Gasteiger partial charge in [0.1, 0.15) is 12.4 Å². The molecule has 0 aliphatic rings. The summed E-state index contributed by atoms with van der Waals surface area (Å²) >= 11 is 5.87. The molecule has 0 unspecified atom stereocenters.